The molecule has 0 aliphatic carbocycles. The molecule has 2 heteroatoms. The van der Waals surface area contributed by atoms with Crippen LogP contribution in [0.2, 0.25) is 0 Å². The van der Waals surface area contributed by atoms with Crippen molar-refractivity contribution < 1.29 is 4.79 Å². The summed E-state index contributed by atoms with van der Waals surface area (Å²) in [5, 5.41) is 0. The predicted octanol–water partition coefficient (Wildman–Crippen LogP) is 4.76. The Bertz CT molecular complexity index is 398. The van der Waals surface area contributed by atoms with E-state index >= 15 is 0 Å². The number of hydrogen-bond donors (Lipinski definition) is 1. The van der Waals surface area contributed by atoms with Gasteiger partial charge in [-0.2, -0.15) is 0 Å². The first-order valence-corrected chi connectivity index (χ1v) is 7.24. The summed E-state index contributed by atoms with van der Waals surface area (Å²) in [5.41, 5.74) is 7.06. The van der Waals surface area contributed by atoms with E-state index in [1.807, 2.05) is 24.3 Å². The first-order chi connectivity index (χ1) is 9.25. The Kier molecular flexibility index (Phi) is 7.64. The van der Waals surface area contributed by atoms with Crippen molar-refractivity contribution in [3.05, 3.63) is 42.5 Å². The minimum absolute atomic E-state index is 0.171. The van der Waals surface area contributed by atoms with Crippen LogP contribution in [0.4, 0.5) is 5.69 Å². The third-order valence-corrected chi connectivity index (χ3v) is 3.32. The predicted molar refractivity (Wildman–Crippen MR) is 82.3 cm³/mol. The third-order valence-electron chi connectivity index (χ3n) is 3.32. The summed E-state index contributed by atoms with van der Waals surface area (Å²) in [4.78, 5) is 11.9. The van der Waals surface area contributed by atoms with Crippen LogP contribution < -0.4 is 5.73 Å². The lowest BCUT2D eigenvalue weighted by atomic mass is 10.0. The molecule has 1 aromatic carbocycles. The molecule has 1 aromatic rings. The monoisotopic (exact) mass is 259 g/mol. The Labute approximate surface area is 116 Å². The van der Waals surface area contributed by atoms with Crippen LogP contribution in [0, 0.1) is 0 Å². The first-order valence-electron chi connectivity index (χ1n) is 7.24. The fraction of sp³-hybridized carbons (Fsp3) is 0.471. The van der Waals surface area contributed by atoms with Crippen LogP contribution in [0.3, 0.4) is 0 Å². The number of benzene rings is 1. The highest BCUT2D eigenvalue weighted by molar-refractivity contribution is 6.00. The number of nitrogens with two attached hydrogens (primary N) is 1. The summed E-state index contributed by atoms with van der Waals surface area (Å²) in [6, 6.07) is 7.32. The quantitative estimate of drug-likeness (QED) is 0.285. The van der Waals surface area contributed by atoms with Crippen molar-refractivity contribution in [3.8, 4) is 0 Å². The van der Waals surface area contributed by atoms with E-state index in [4.69, 9.17) is 5.73 Å². The first kappa shape index (κ1) is 15.5. The fourth-order valence-electron chi connectivity index (χ4n) is 2.17. The molecule has 19 heavy (non-hydrogen) atoms. The van der Waals surface area contributed by atoms with E-state index in [1.54, 1.807) is 6.07 Å². The topological polar surface area (TPSA) is 43.1 Å². The van der Waals surface area contributed by atoms with Gasteiger partial charge < -0.3 is 5.73 Å². The van der Waals surface area contributed by atoms with Crippen molar-refractivity contribution in [2.75, 3.05) is 5.73 Å². The number of unbranched alkanes of at least 4 members (excludes halogenated alkanes) is 6. The molecular formula is C17H25NO. The van der Waals surface area contributed by atoms with Crippen LogP contribution in [-0.4, -0.2) is 5.78 Å². The molecule has 104 valence electrons. The Balaban J connectivity index is 2.11. The smallest absolute Gasteiger partial charge is 0.164 e. The number of allylic oxidation sites excluding steroid dienone is 1. The molecular weight excluding hydrogens is 234 g/mol. The molecule has 0 fully saturated rings. The molecule has 0 spiro atoms. The van der Waals surface area contributed by atoms with Gasteiger partial charge in [0, 0.05) is 17.7 Å². The Morgan fingerprint density at radius 1 is 1.05 bits per heavy atom. The number of para-hydroxylation sites is 1. The van der Waals surface area contributed by atoms with Crippen LogP contribution >= 0.6 is 0 Å². The van der Waals surface area contributed by atoms with Gasteiger partial charge in [0.25, 0.3) is 0 Å². The number of Topliss-reactive ketones (excluding diaryl/α,β-unsaturated/α-hetero) is 1. The van der Waals surface area contributed by atoms with E-state index in [2.05, 4.69) is 6.58 Å². The minimum Gasteiger partial charge on any atom is -0.398 e. The van der Waals surface area contributed by atoms with Gasteiger partial charge in [-0.3, -0.25) is 4.79 Å². The van der Waals surface area contributed by atoms with Crippen LogP contribution in [0.1, 0.15) is 61.7 Å². The number of hydrogen-bond acceptors (Lipinski definition) is 2. The molecule has 0 saturated carbocycles. The number of carbonyl (C=O) groups excluding carboxylic acids is 1. The highest BCUT2D eigenvalue weighted by atomic mass is 16.1. The maximum absolute atomic E-state index is 11.9. The summed E-state index contributed by atoms with van der Waals surface area (Å²) in [6.45, 7) is 3.72. The maximum Gasteiger partial charge on any atom is 0.164 e. The van der Waals surface area contributed by atoms with Gasteiger partial charge >= 0.3 is 0 Å². The van der Waals surface area contributed by atoms with Gasteiger partial charge in [0.15, 0.2) is 5.78 Å². The van der Waals surface area contributed by atoms with Gasteiger partial charge in [0.05, 0.1) is 0 Å². The van der Waals surface area contributed by atoms with E-state index in [1.165, 1.54) is 25.7 Å². The zero-order chi connectivity index (χ0) is 13.9. The Hall–Kier alpha value is -1.57. The zero-order valence-electron chi connectivity index (χ0n) is 11.7. The second kappa shape index (κ2) is 9.37. The standard InChI is InChI=1S/C17H25NO/c1-2-3-4-5-6-7-8-9-14-17(19)15-12-10-11-13-16(15)18/h2,10-13H,1,3-9,14,18H2. The van der Waals surface area contributed by atoms with Crippen LogP contribution in [0.15, 0.2) is 36.9 Å². The molecule has 0 aromatic heterocycles. The highest BCUT2D eigenvalue weighted by Crippen LogP contribution is 2.15. The number of rotatable bonds is 10. The molecule has 0 aliphatic heterocycles. The summed E-state index contributed by atoms with van der Waals surface area (Å²) >= 11 is 0. The van der Waals surface area contributed by atoms with Crippen LogP contribution in [0.5, 0.6) is 0 Å². The molecule has 0 bridgehead atoms. The molecule has 2 N–H and O–H groups in total. The SMILES string of the molecule is C=CCCCCCCCCC(=O)c1ccccc1N. The molecule has 0 radical (unpaired) electrons. The largest absolute Gasteiger partial charge is 0.398 e. The molecule has 0 saturated heterocycles. The summed E-state index contributed by atoms with van der Waals surface area (Å²) in [5.74, 6) is 0.171. The maximum atomic E-state index is 11.9. The molecule has 0 amide bonds. The van der Waals surface area contributed by atoms with Crippen molar-refractivity contribution in [1.29, 1.82) is 0 Å². The van der Waals surface area contributed by atoms with Gasteiger partial charge in [-0.1, -0.05) is 43.9 Å². The normalized spacial score (nSPS) is 10.3. The summed E-state index contributed by atoms with van der Waals surface area (Å²) < 4.78 is 0. The van der Waals surface area contributed by atoms with E-state index in [0.717, 1.165) is 19.3 Å². The molecule has 2 nitrogen and oxygen atoms in total. The van der Waals surface area contributed by atoms with Crippen molar-refractivity contribution in [2.24, 2.45) is 0 Å². The fourth-order valence-corrected chi connectivity index (χ4v) is 2.17. The summed E-state index contributed by atoms with van der Waals surface area (Å²) in [6.07, 6.45) is 10.8. The lowest BCUT2D eigenvalue weighted by Gasteiger charge is -2.04. The van der Waals surface area contributed by atoms with Crippen molar-refractivity contribution in [1.82, 2.24) is 0 Å². The average Bonchev–Trinajstić information content (AvgIpc) is 2.42. The lowest BCUT2D eigenvalue weighted by molar-refractivity contribution is 0.0980. The van der Waals surface area contributed by atoms with Crippen molar-refractivity contribution in [2.45, 2.75) is 51.4 Å². The van der Waals surface area contributed by atoms with Gasteiger partial charge in [-0.15, -0.1) is 6.58 Å². The van der Waals surface area contributed by atoms with E-state index in [9.17, 15) is 4.79 Å². The molecule has 0 atom stereocenters. The molecule has 1 rings (SSSR count). The number of ketones is 1. The van der Waals surface area contributed by atoms with Crippen molar-refractivity contribution in [3.63, 3.8) is 0 Å². The number of carbonyl (C=O) groups is 1. The molecule has 0 unspecified atom stereocenters. The van der Waals surface area contributed by atoms with Crippen LogP contribution in [-0.2, 0) is 0 Å². The number of nitrogen functional groups attached to an aromatic ring is 1. The second-order valence-electron chi connectivity index (χ2n) is 4.96. The van der Waals surface area contributed by atoms with Crippen LogP contribution in [0.25, 0.3) is 0 Å². The van der Waals surface area contributed by atoms with Gasteiger partial charge in [0.2, 0.25) is 0 Å². The zero-order valence-corrected chi connectivity index (χ0v) is 11.7. The summed E-state index contributed by atoms with van der Waals surface area (Å²) in [7, 11) is 0. The average molecular weight is 259 g/mol. The van der Waals surface area contributed by atoms with Gasteiger partial charge in [-0.25, -0.2) is 0 Å². The molecule has 0 heterocycles. The highest BCUT2D eigenvalue weighted by Gasteiger charge is 2.07. The van der Waals surface area contributed by atoms with E-state index < -0.39 is 0 Å². The van der Waals surface area contributed by atoms with E-state index in [0.29, 0.717) is 17.7 Å². The van der Waals surface area contributed by atoms with Crippen molar-refractivity contribution >= 4 is 11.5 Å². The van der Waals surface area contributed by atoms with Gasteiger partial charge in [-0.05, 0) is 31.4 Å². The Morgan fingerprint density at radius 2 is 1.68 bits per heavy atom. The van der Waals surface area contributed by atoms with Gasteiger partial charge in [0.1, 0.15) is 0 Å². The third kappa shape index (κ3) is 6.23. The Morgan fingerprint density at radius 3 is 2.37 bits per heavy atom. The minimum atomic E-state index is 0.171. The lowest BCUT2D eigenvalue weighted by Crippen LogP contribution is -2.03. The number of anilines is 1. The van der Waals surface area contributed by atoms with E-state index in [-0.39, 0.29) is 5.78 Å². The second-order valence-corrected chi connectivity index (χ2v) is 4.96. The molecule has 0 aliphatic rings.